The van der Waals surface area contributed by atoms with Crippen LogP contribution in [-0.4, -0.2) is 5.91 Å². The van der Waals surface area contributed by atoms with Gasteiger partial charge in [-0.1, -0.05) is 37.3 Å². The van der Waals surface area contributed by atoms with Crippen molar-refractivity contribution >= 4 is 22.2 Å². The molecule has 0 radical (unpaired) electrons. The third-order valence-electron chi connectivity index (χ3n) is 3.11. The van der Waals surface area contributed by atoms with Crippen LogP contribution in [0.25, 0.3) is 0 Å². The van der Waals surface area contributed by atoms with Crippen molar-refractivity contribution in [3.8, 4) is 0 Å². The molecule has 2 rings (SSSR count). The van der Waals surface area contributed by atoms with Gasteiger partial charge in [-0.15, -0.1) is 11.3 Å². The number of nitrogens with two attached hydrogens (primary N) is 1. The number of hydrogen-bond acceptors (Lipinski definition) is 3. The van der Waals surface area contributed by atoms with E-state index in [-0.39, 0.29) is 5.91 Å². The Kier molecular flexibility index (Phi) is 4.22. The number of carbonyl (C=O) groups excluding carboxylic acids is 1. The molecule has 4 heteroatoms. The summed E-state index contributed by atoms with van der Waals surface area (Å²) in [6, 6.07) is 9.86. The van der Waals surface area contributed by atoms with Gasteiger partial charge in [-0.2, -0.15) is 0 Å². The van der Waals surface area contributed by atoms with E-state index >= 15 is 0 Å². The summed E-state index contributed by atoms with van der Waals surface area (Å²) in [5.41, 5.74) is 8.74. The van der Waals surface area contributed by atoms with E-state index in [0.29, 0.717) is 17.1 Å². The van der Waals surface area contributed by atoms with Gasteiger partial charge in [0.25, 0.3) is 5.91 Å². The lowest BCUT2D eigenvalue weighted by Gasteiger charge is -2.07. The van der Waals surface area contributed by atoms with Crippen LogP contribution >= 0.6 is 11.3 Å². The highest BCUT2D eigenvalue weighted by Crippen LogP contribution is 2.30. The van der Waals surface area contributed by atoms with Crippen LogP contribution < -0.4 is 11.1 Å². The van der Waals surface area contributed by atoms with Gasteiger partial charge in [0.05, 0.1) is 10.6 Å². The van der Waals surface area contributed by atoms with Crippen LogP contribution in [0.2, 0.25) is 0 Å². The zero-order valence-corrected chi connectivity index (χ0v) is 12.0. The Hall–Kier alpha value is -1.81. The van der Waals surface area contributed by atoms with Gasteiger partial charge in [-0.05, 0) is 24.5 Å². The van der Waals surface area contributed by atoms with E-state index in [1.807, 2.05) is 44.2 Å². The predicted molar refractivity (Wildman–Crippen MR) is 80.5 cm³/mol. The van der Waals surface area contributed by atoms with Gasteiger partial charge < -0.3 is 11.1 Å². The van der Waals surface area contributed by atoms with Gasteiger partial charge in [0.2, 0.25) is 0 Å². The highest BCUT2D eigenvalue weighted by molar-refractivity contribution is 7.16. The van der Waals surface area contributed by atoms with E-state index < -0.39 is 0 Å². The summed E-state index contributed by atoms with van der Waals surface area (Å²) in [6.45, 7) is 4.58. The molecule has 19 heavy (non-hydrogen) atoms. The fourth-order valence-corrected chi connectivity index (χ4v) is 3.16. The highest BCUT2D eigenvalue weighted by atomic mass is 32.1. The van der Waals surface area contributed by atoms with Gasteiger partial charge in [-0.3, -0.25) is 4.79 Å². The Bertz CT molecular complexity index is 575. The standard InChI is InChI=1S/C15H18N2OS/c1-3-12-10(2)19-14(16)13(12)15(18)17-9-11-7-5-4-6-8-11/h4-8H,3,9,16H2,1-2H3,(H,17,18). The summed E-state index contributed by atoms with van der Waals surface area (Å²) in [5.74, 6) is -0.0810. The number of aryl methyl sites for hydroxylation is 1. The molecular weight excluding hydrogens is 256 g/mol. The molecule has 1 heterocycles. The smallest absolute Gasteiger partial charge is 0.254 e. The van der Waals surface area contributed by atoms with Crippen molar-refractivity contribution < 1.29 is 4.79 Å². The number of amides is 1. The van der Waals surface area contributed by atoms with Crippen LogP contribution in [0.4, 0.5) is 5.00 Å². The number of benzene rings is 1. The molecule has 0 bridgehead atoms. The van der Waals surface area contributed by atoms with E-state index in [0.717, 1.165) is 22.4 Å². The van der Waals surface area contributed by atoms with Gasteiger partial charge in [0.1, 0.15) is 0 Å². The van der Waals surface area contributed by atoms with Crippen molar-refractivity contribution in [2.24, 2.45) is 0 Å². The van der Waals surface area contributed by atoms with Gasteiger partial charge >= 0.3 is 0 Å². The molecule has 0 unspecified atom stereocenters. The summed E-state index contributed by atoms with van der Waals surface area (Å²) >= 11 is 1.49. The van der Waals surface area contributed by atoms with E-state index in [4.69, 9.17) is 5.73 Å². The first kappa shape index (κ1) is 13.6. The Morgan fingerprint density at radius 1 is 1.32 bits per heavy atom. The molecule has 0 spiro atoms. The summed E-state index contributed by atoms with van der Waals surface area (Å²) in [5, 5.41) is 3.54. The monoisotopic (exact) mass is 274 g/mol. The molecule has 100 valence electrons. The molecule has 0 atom stereocenters. The minimum Gasteiger partial charge on any atom is -0.390 e. The molecule has 3 nitrogen and oxygen atoms in total. The summed E-state index contributed by atoms with van der Waals surface area (Å²) in [6.07, 6.45) is 0.827. The quantitative estimate of drug-likeness (QED) is 0.900. The molecule has 0 fully saturated rings. The lowest BCUT2D eigenvalue weighted by Crippen LogP contribution is -2.24. The molecule has 2 aromatic rings. The van der Waals surface area contributed by atoms with Gasteiger partial charge in [0.15, 0.2) is 0 Å². The molecular formula is C15H18N2OS. The number of carbonyl (C=O) groups is 1. The van der Waals surface area contributed by atoms with Crippen molar-refractivity contribution in [2.75, 3.05) is 5.73 Å². The summed E-state index contributed by atoms with van der Waals surface area (Å²) in [7, 11) is 0. The molecule has 0 saturated heterocycles. The summed E-state index contributed by atoms with van der Waals surface area (Å²) in [4.78, 5) is 13.4. The van der Waals surface area contributed by atoms with Gasteiger partial charge in [0, 0.05) is 11.4 Å². The minimum atomic E-state index is -0.0810. The van der Waals surface area contributed by atoms with Crippen molar-refractivity contribution in [3.63, 3.8) is 0 Å². The maximum absolute atomic E-state index is 12.2. The SMILES string of the molecule is CCc1c(C)sc(N)c1C(=O)NCc1ccccc1. The molecule has 1 aromatic carbocycles. The number of anilines is 1. The third-order valence-corrected chi connectivity index (χ3v) is 4.09. The summed E-state index contributed by atoms with van der Waals surface area (Å²) < 4.78 is 0. The average molecular weight is 274 g/mol. The van der Waals surface area contributed by atoms with Crippen LogP contribution in [-0.2, 0) is 13.0 Å². The number of rotatable bonds is 4. The van der Waals surface area contributed by atoms with Crippen LogP contribution in [0.15, 0.2) is 30.3 Å². The topological polar surface area (TPSA) is 55.1 Å². The van der Waals surface area contributed by atoms with E-state index in [2.05, 4.69) is 5.32 Å². The normalized spacial score (nSPS) is 10.4. The molecule has 3 N–H and O–H groups in total. The highest BCUT2D eigenvalue weighted by Gasteiger charge is 2.18. The second-order valence-corrected chi connectivity index (χ2v) is 5.65. The fourth-order valence-electron chi connectivity index (χ4n) is 2.14. The van der Waals surface area contributed by atoms with Crippen LogP contribution in [0, 0.1) is 6.92 Å². The Labute approximate surface area is 117 Å². The maximum Gasteiger partial charge on any atom is 0.254 e. The molecule has 0 aliphatic heterocycles. The zero-order valence-electron chi connectivity index (χ0n) is 11.2. The molecule has 0 aliphatic carbocycles. The second-order valence-electron chi connectivity index (χ2n) is 4.40. The second kappa shape index (κ2) is 5.89. The first-order valence-corrected chi connectivity index (χ1v) is 7.15. The Balaban J connectivity index is 2.12. The minimum absolute atomic E-state index is 0.0810. The zero-order chi connectivity index (χ0) is 13.8. The van der Waals surface area contributed by atoms with Crippen molar-refractivity contribution in [2.45, 2.75) is 26.8 Å². The molecule has 0 aliphatic rings. The van der Waals surface area contributed by atoms with Crippen molar-refractivity contribution in [1.29, 1.82) is 0 Å². The largest absolute Gasteiger partial charge is 0.390 e. The predicted octanol–water partition coefficient (Wildman–Crippen LogP) is 3.13. The van der Waals surface area contributed by atoms with Crippen molar-refractivity contribution in [1.82, 2.24) is 5.32 Å². The number of hydrogen-bond donors (Lipinski definition) is 2. The van der Waals surface area contributed by atoms with Crippen LogP contribution in [0.3, 0.4) is 0 Å². The Morgan fingerprint density at radius 3 is 2.63 bits per heavy atom. The van der Waals surface area contributed by atoms with E-state index in [9.17, 15) is 4.79 Å². The maximum atomic E-state index is 12.2. The number of nitrogens with one attached hydrogen (secondary N) is 1. The number of thiophene rings is 1. The van der Waals surface area contributed by atoms with Crippen LogP contribution in [0.1, 0.15) is 33.3 Å². The van der Waals surface area contributed by atoms with Crippen LogP contribution in [0.5, 0.6) is 0 Å². The van der Waals surface area contributed by atoms with E-state index in [1.165, 1.54) is 11.3 Å². The Morgan fingerprint density at radius 2 is 2.00 bits per heavy atom. The fraction of sp³-hybridized carbons (Fsp3) is 0.267. The molecule has 1 aromatic heterocycles. The third kappa shape index (κ3) is 2.96. The first-order chi connectivity index (χ1) is 9.13. The molecule has 0 saturated carbocycles. The average Bonchev–Trinajstić information content (AvgIpc) is 2.71. The lowest BCUT2D eigenvalue weighted by atomic mass is 10.1. The number of nitrogen functional groups attached to an aromatic ring is 1. The molecule has 1 amide bonds. The lowest BCUT2D eigenvalue weighted by molar-refractivity contribution is 0.0951. The first-order valence-electron chi connectivity index (χ1n) is 6.33. The van der Waals surface area contributed by atoms with Gasteiger partial charge in [-0.25, -0.2) is 0 Å². The van der Waals surface area contributed by atoms with E-state index in [1.54, 1.807) is 0 Å². The van der Waals surface area contributed by atoms with Crippen molar-refractivity contribution in [3.05, 3.63) is 51.9 Å².